The molecule has 1 N–H and O–H groups in total. The van der Waals surface area contributed by atoms with Crippen molar-refractivity contribution in [3.8, 4) is 0 Å². The van der Waals surface area contributed by atoms with Gasteiger partial charge >= 0.3 is 6.18 Å². The topological polar surface area (TPSA) is 63.2 Å². The molecule has 1 aromatic carbocycles. The Kier molecular flexibility index (Phi) is 5.75. The van der Waals surface area contributed by atoms with E-state index < -0.39 is 38.5 Å². The second-order valence-electron chi connectivity index (χ2n) is 6.95. The van der Waals surface area contributed by atoms with Crippen molar-refractivity contribution < 1.29 is 26.4 Å². The molecular formula is C18H24F3NO3S. The number of halogens is 3. The van der Waals surface area contributed by atoms with Crippen LogP contribution < -0.4 is 5.32 Å². The Morgan fingerprint density at radius 2 is 1.85 bits per heavy atom. The fourth-order valence-corrected chi connectivity index (χ4v) is 4.68. The van der Waals surface area contributed by atoms with E-state index >= 15 is 0 Å². The van der Waals surface area contributed by atoms with Crippen molar-refractivity contribution >= 4 is 21.4 Å². The summed E-state index contributed by atoms with van der Waals surface area (Å²) in [5, 5.41) is 1.99. The lowest BCUT2D eigenvalue weighted by Gasteiger charge is -2.18. The second-order valence-corrected chi connectivity index (χ2v) is 9.31. The first kappa shape index (κ1) is 20.7. The summed E-state index contributed by atoms with van der Waals surface area (Å²) in [6.45, 7) is 5.13. The lowest BCUT2D eigenvalue weighted by molar-refractivity contribution is -0.160. The number of nitrogens with one attached hydrogen (secondary N) is 1. The number of carbonyl (C=O) groups excluding carboxylic acids is 1. The summed E-state index contributed by atoms with van der Waals surface area (Å²) in [6, 6.07) is 5.57. The minimum absolute atomic E-state index is 0.132. The third-order valence-electron chi connectivity index (χ3n) is 5.16. The third kappa shape index (κ3) is 3.89. The zero-order valence-corrected chi connectivity index (χ0v) is 15.9. The zero-order chi connectivity index (χ0) is 19.8. The number of benzene rings is 1. The molecule has 4 nitrogen and oxygen atoms in total. The summed E-state index contributed by atoms with van der Waals surface area (Å²) in [5.74, 6) is -2.26. The number of amides is 1. The van der Waals surface area contributed by atoms with Gasteiger partial charge in [0, 0.05) is 5.69 Å². The van der Waals surface area contributed by atoms with Crippen LogP contribution in [0.5, 0.6) is 0 Å². The molecule has 3 unspecified atom stereocenters. The first-order chi connectivity index (χ1) is 12.0. The Hall–Kier alpha value is -1.57. The quantitative estimate of drug-likeness (QED) is 0.741. The highest BCUT2D eigenvalue weighted by Gasteiger charge is 2.69. The number of alkyl halides is 3. The minimum Gasteiger partial charge on any atom is -0.326 e. The first-order valence-electron chi connectivity index (χ1n) is 8.71. The van der Waals surface area contributed by atoms with Crippen LogP contribution in [0.25, 0.3) is 0 Å². The Morgan fingerprint density at radius 1 is 1.27 bits per heavy atom. The molecule has 26 heavy (non-hydrogen) atoms. The molecule has 1 aliphatic rings. The van der Waals surface area contributed by atoms with Gasteiger partial charge in [-0.1, -0.05) is 20.3 Å². The Bertz CT molecular complexity index is 759. The molecule has 2 rings (SSSR count). The standard InChI is InChI=1S/C18H24F3NO3S/c1-4-10-17(11-15(17)18(19,20)21)16(23)22-13-6-8-14(9-7-13)26(24,25)12(3)5-2/h6-9,12,15H,4-5,10-11H2,1-3H3,(H,22,23). The molecule has 0 aromatic heterocycles. The van der Waals surface area contributed by atoms with Gasteiger partial charge in [-0.2, -0.15) is 13.2 Å². The van der Waals surface area contributed by atoms with E-state index in [2.05, 4.69) is 5.32 Å². The number of rotatable bonds is 7. The lowest BCUT2D eigenvalue weighted by Crippen LogP contribution is -2.30. The molecule has 1 amide bonds. The number of sulfone groups is 1. The predicted molar refractivity (Wildman–Crippen MR) is 93.5 cm³/mol. The minimum atomic E-state index is -4.39. The highest BCUT2D eigenvalue weighted by Crippen LogP contribution is 2.63. The van der Waals surface area contributed by atoms with Crippen molar-refractivity contribution in [2.24, 2.45) is 11.3 Å². The molecule has 0 saturated heterocycles. The van der Waals surface area contributed by atoms with E-state index in [1.807, 2.05) is 0 Å². The van der Waals surface area contributed by atoms with E-state index in [-0.39, 0.29) is 17.7 Å². The Balaban J connectivity index is 2.15. The predicted octanol–water partition coefficient (Wildman–Crippen LogP) is 4.57. The van der Waals surface area contributed by atoms with Crippen molar-refractivity contribution in [2.75, 3.05) is 5.32 Å². The SMILES string of the molecule is CCCC1(C(=O)Nc2ccc(S(=O)(=O)C(C)CC)cc2)CC1C(F)(F)F. The summed E-state index contributed by atoms with van der Waals surface area (Å²) >= 11 is 0. The lowest BCUT2D eigenvalue weighted by atomic mass is 9.96. The van der Waals surface area contributed by atoms with Gasteiger partial charge in [0.15, 0.2) is 9.84 Å². The fraction of sp³-hybridized carbons (Fsp3) is 0.611. The monoisotopic (exact) mass is 391 g/mol. The molecule has 0 radical (unpaired) electrons. The maximum Gasteiger partial charge on any atom is 0.392 e. The van der Waals surface area contributed by atoms with Gasteiger partial charge in [0.2, 0.25) is 5.91 Å². The summed E-state index contributed by atoms with van der Waals surface area (Å²) < 4.78 is 63.6. The third-order valence-corrected chi connectivity index (χ3v) is 7.49. The number of hydrogen-bond acceptors (Lipinski definition) is 3. The van der Waals surface area contributed by atoms with E-state index in [0.29, 0.717) is 18.5 Å². The summed E-state index contributed by atoms with van der Waals surface area (Å²) in [5.41, 5.74) is -1.12. The summed E-state index contributed by atoms with van der Waals surface area (Å²) in [6.07, 6.45) is -3.47. The van der Waals surface area contributed by atoms with E-state index in [4.69, 9.17) is 0 Å². The molecule has 1 aromatic rings. The van der Waals surface area contributed by atoms with Crippen LogP contribution in [-0.4, -0.2) is 25.8 Å². The number of carbonyl (C=O) groups is 1. The molecule has 0 bridgehead atoms. The largest absolute Gasteiger partial charge is 0.392 e. The van der Waals surface area contributed by atoms with Crippen LogP contribution in [0.3, 0.4) is 0 Å². The van der Waals surface area contributed by atoms with Crippen LogP contribution in [0.2, 0.25) is 0 Å². The Morgan fingerprint density at radius 3 is 2.27 bits per heavy atom. The van der Waals surface area contributed by atoms with E-state index in [9.17, 15) is 26.4 Å². The van der Waals surface area contributed by atoms with E-state index in [0.717, 1.165) is 0 Å². The van der Waals surface area contributed by atoms with Crippen molar-refractivity contribution in [3.63, 3.8) is 0 Å². The van der Waals surface area contributed by atoms with Crippen LogP contribution >= 0.6 is 0 Å². The molecule has 0 spiro atoms. The molecule has 1 fully saturated rings. The van der Waals surface area contributed by atoms with Gasteiger partial charge < -0.3 is 5.32 Å². The van der Waals surface area contributed by atoms with E-state index in [1.165, 1.54) is 24.3 Å². The molecule has 146 valence electrons. The van der Waals surface area contributed by atoms with Gasteiger partial charge in [0.25, 0.3) is 0 Å². The second kappa shape index (κ2) is 7.21. The molecule has 1 aliphatic carbocycles. The highest BCUT2D eigenvalue weighted by molar-refractivity contribution is 7.92. The maximum absolute atomic E-state index is 13.0. The molecule has 8 heteroatoms. The zero-order valence-electron chi connectivity index (χ0n) is 15.1. The van der Waals surface area contributed by atoms with Crippen LogP contribution in [0, 0.1) is 11.3 Å². The van der Waals surface area contributed by atoms with E-state index in [1.54, 1.807) is 20.8 Å². The van der Waals surface area contributed by atoms with Crippen molar-refractivity contribution in [3.05, 3.63) is 24.3 Å². The number of hydrogen-bond donors (Lipinski definition) is 1. The fourth-order valence-electron chi connectivity index (χ4n) is 3.26. The molecule has 1 saturated carbocycles. The maximum atomic E-state index is 13.0. The average molecular weight is 391 g/mol. The molecule has 0 heterocycles. The normalized spacial score (nSPS) is 24.2. The van der Waals surface area contributed by atoms with Crippen molar-refractivity contribution in [1.82, 2.24) is 0 Å². The molecule has 3 atom stereocenters. The van der Waals surface area contributed by atoms with Crippen LogP contribution in [0.4, 0.5) is 18.9 Å². The highest BCUT2D eigenvalue weighted by atomic mass is 32.2. The van der Waals surface area contributed by atoms with Gasteiger partial charge in [-0.15, -0.1) is 0 Å². The molecule has 0 aliphatic heterocycles. The van der Waals surface area contributed by atoms with Gasteiger partial charge in [-0.05, 0) is 50.5 Å². The number of anilines is 1. The first-order valence-corrected chi connectivity index (χ1v) is 10.3. The van der Waals surface area contributed by atoms with Gasteiger partial charge in [0.05, 0.1) is 21.5 Å². The summed E-state index contributed by atoms with van der Waals surface area (Å²) in [4.78, 5) is 12.6. The van der Waals surface area contributed by atoms with Gasteiger partial charge in [-0.3, -0.25) is 4.79 Å². The smallest absolute Gasteiger partial charge is 0.326 e. The Labute approximate surface area is 152 Å². The average Bonchev–Trinajstić information content (AvgIpc) is 3.31. The van der Waals surface area contributed by atoms with Crippen LogP contribution in [0.1, 0.15) is 46.5 Å². The van der Waals surface area contributed by atoms with Crippen molar-refractivity contribution in [2.45, 2.75) is 62.8 Å². The summed E-state index contributed by atoms with van der Waals surface area (Å²) in [7, 11) is -3.45. The molecular weight excluding hydrogens is 367 g/mol. The van der Waals surface area contributed by atoms with Crippen LogP contribution in [-0.2, 0) is 14.6 Å². The van der Waals surface area contributed by atoms with Gasteiger partial charge in [-0.25, -0.2) is 8.42 Å². The van der Waals surface area contributed by atoms with Crippen molar-refractivity contribution in [1.29, 1.82) is 0 Å². The van der Waals surface area contributed by atoms with Crippen LogP contribution in [0.15, 0.2) is 29.2 Å². The van der Waals surface area contributed by atoms with Gasteiger partial charge in [0.1, 0.15) is 0 Å².